The monoisotopic (exact) mass is 258 g/mol. The molecule has 0 fully saturated rings. The number of benzene rings is 1. The Morgan fingerprint density at radius 3 is 2.67 bits per heavy atom. The number of nitrogens with zero attached hydrogens (tertiary/aromatic N) is 1. The van der Waals surface area contributed by atoms with Gasteiger partial charge in [-0.05, 0) is 37.6 Å². The third-order valence-corrected chi connectivity index (χ3v) is 4.22. The smallest absolute Gasteiger partial charge is 0.0508 e. The van der Waals surface area contributed by atoms with E-state index in [0.717, 1.165) is 0 Å². The van der Waals surface area contributed by atoms with Crippen LogP contribution in [-0.4, -0.2) is 11.0 Å². The molecule has 0 radical (unpaired) electrons. The number of aromatic nitrogens is 1. The van der Waals surface area contributed by atoms with E-state index in [1.165, 1.54) is 16.0 Å². The molecule has 2 atom stereocenters. The highest BCUT2D eigenvalue weighted by atomic mass is 32.2. The van der Waals surface area contributed by atoms with Gasteiger partial charge in [0.15, 0.2) is 0 Å². The summed E-state index contributed by atoms with van der Waals surface area (Å²) in [7, 11) is 0. The van der Waals surface area contributed by atoms with E-state index in [9.17, 15) is 0 Å². The number of nitrogens with two attached hydrogens (primary N) is 1. The molecule has 2 nitrogen and oxygen atoms in total. The molecular formula is C15H18N2S. The summed E-state index contributed by atoms with van der Waals surface area (Å²) in [6.45, 7) is 4.15. The van der Waals surface area contributed by atoms with E-state index < -0.39 is 0 Å². The maximum Gasteiger partial charge on any atom is 0.0508 e. The van der Waals surface area contributed by atoms with Crippen LogP contribution in [0.15, 0.2) is 53.7 Å². The second-order valence-electron chi connectivity index (χ2n) is 4.50. The summed E-state index contributed by atoms with van der Waals surface area (Å²) in [5.41, 5.74) is 8.56. The van der Waals surface area contributed by atoms with Crippen molar-refractivity contribution in [3.05, 3.63) is 59.9 Å². The van der Waals surface area contributed by atoms with E-state index in [-0.39, 0.29) is 11.3 Å². The van der Waals surface area contributed by atoms with E-state index in [1.807, 2.05) is 19.2 Å². The second-order valence-corrected chi connectivity index (χ2v) is 5.72. The van der Waals surface area contributed by atoms with Crippen LogP contribution in [0, 0.1) is 6.92 Å². The summed E-state index contributed by atoms with van der Waals surface area (Å²) >= 11 is 1.80. The number of aryl methyl sites for hydroxylation is 1. The van der Waals surface area contributed by atoms with Gasteiger partial charge in [-0.25, -0.2) is 0 Å². The van der Waals surface area contributed by atoms with Crippen LogP contribution in [0.3, 0.4) is 0 Å². The Hall–Kier alpha value is -1.32. The van der Waals surface area contributed by atoms with Crippen LogP contribution in [0.5, 0.6) is 0 Å². The minimum atomic E-state index is 0.0831. The molecule has 0 saturated carbocycles. The summed E-state index contributed by atoms with van der Waals surface area (Å²) in [6.07, 6.45) is 3.69. The summed E-state index contributed by atoms with van der Waals surface area (Å²) in [6, 6.07) is 12.6. The predicted molar refractivity (Wildman–Crippen MR) is 77.7 cm³/mol. The van der Waals surface area contributed by atoms with E-state index in [1.54, 1.807) is 18.0 Å². The minimum Gasteiger partial charge on any atom is -0.327 e. The number of thioether (sulfide) groups is 1. The molecule has 0 saturated heterocycles. The molecule has 1 aromatic heterocycles. The van der Waals surface area contributed by atoms with Crippen LogP contribution in [0.4, 0.5) is 0 Å². The number of hydrogen-bond acceptors (Lipinski definition) is 3. The number of rotatable bonds is 4. The summed E-state index contributed by atoms with van der Waals surface area (Å²) in [4.78, 5) is 5.43. The van der Waals surface area contributed by atoms with Gasteiger partial charge >= 0.3 is 0 Å². The zero-order chi connectivity index (χ0) is 13.0. The highest BCUT2D eigenvalue weighted by molar-refractivity contribution is 7.99. The Morgan fingerprint density at radius 1 is 1.22 bits per heavy atom. The molecule has 2 N–H and O–H groups in total. The van der Waals surface area contributed by atoms with Crippen LogP contribution < -0.4 is 5.73 Å². The molecule has 1 aromatic carbocycles. The van der Waals surface area contributed by atoms with Crippen molar-refractivity contribution in [1.82, 2.24) is 4.98 Å². The van der Waals surface area contributed by atoms with Crippen molar-refractivity contribution in [3.8, 4) is 0 Å². The first-order chi connectivity index (χ1) is 8.66. The fourth-order valence-electron chi connectivity index (χ4n) is 1.86. The largest absolute Gasteiger partial charge is 0.327 e. The minimum absolute atomic E-state index is 0.0831. The molecule has 3 heteroatoms. The zero-order valence-electron chi connectivity index (χ0n) is 10.7. The Kier molecular flexibility index (Phi) is 4.39. The molecule has 18 heavy (non-hydrogen) atoms. The van der Waals surface area contributed by atoms with Gasteiger partial charge in [0.05, 0.1) is 5.25 Å². The number of hydrogen-bond donors (Lipinski definition) is 1. The molecule has 0 amide bonds. The Morgan fingerprint density at radius 2 is 2.06 bits per heavy atom. The Bertz CT molecular complexity index is 497. The van der Waals surface area contributed by atoms with Gasteiger partial charge in [-0.1, -0.05) is 23.8 Å². The van der Waals surface area contributed by atoms with Gasteiger partial charge in [-0.2, -0.15) is 0 Å². The highest BCUT2D eigenvalue weighted by Gasteiger charge is 2.17. The lowest BCUT2D eigenvalue weighted by atomic mass is 10.1. The van der Waals surface area contributed by atoms with Gasteiger partial charge < -0.3 is 5.73 Å². The molecule has 0 aliphatic carbocycles. The molecular weight excluding hydrogens is 240 g/mol. The Balaban J connectivity index is 2.22. The fraction of sp³-hybridized carbons (Fsp3) is 0.267. The lowest BCUT2D eigenvalue weighted by molar-refractivity contribution is 0.719. The predicted octanol–water partition coefficient (Wildman–Crippen LogP) is 3.57. The van der Waals surface area contributed by atoms with Crippen LogP contribution in [0.25, 0.3) is 0 Å². The topological polar surface area (TPSA) is 38.9 Å². The first-order valence-corrected chi connectivity index (χ1v) is 6.93. The molecule has 0 bridgehead atoms. The molecule has 2 unspecified atom stereocenters. The summed E-state index contributed by atoms with van der Waals surface area (Å²) in [5, 5.41) is 0.237. The molecule has 1 heterocycles. The molecule has 94 valence electrons. The summed E-state index contributed by atoms with van der Waals surface area (Å²) in [5.74, 6) is 0. The zero-order valence-corrected chi connectivity index (χ0v) is 11.5. The maximum absolute atomic E-state index is 6.11. The van der Waals surface area contributed by atoms with E-state index in [0.29, 0.717) is 0 Å². The van der Waals surface area contributed by atoms with Gasteiger partial charge in [0.1, 0.15) is 0 Å². The van der Waals surface area contributed by atoms with Crippen molar-refractivity contribution in [2.45, 2.75) is 30.0 Å². The summed E-state index contributed by atoms with van der Waals surface area (Å²) < 4.78 is 0. The van der Waals surface area contributed by atoms with Crippen molar-refractivity contribution < 1.29 is 0 Å². The third kappa shape index (κ3) is 3.34. The lowest BCUT2D eigenvalue weighted by Crippen LogP contribution is -2.22. The van der Waals surface area contributed by atoms with Crippen molar-refractivity contribution in [2.75, 3.05) is 0 Å². The maximum atomic E-state index is 6.11. The standard InChI is InChI=1S/C15H18N2S/c1-11-5-3-7-14(9-11)18-15(12(2)16)13-6-4-8-17-10-13/h3-10,12,15H,16H2,1-2H3. The molecule has 0 spiro atoms. The Labute approximate surface area is 113 Å². The van der Waals surface area contributed by atoms with Gasteiger partial charge in [0.2, 0.25) is 0 Å². The fourth-order valence-corrected chi connectivity index (χ4v) is 3.05. The molecule has 0 aliphatic rings. The van der Waals surface area contributed by atoms with E-state index in [4.69, 9.17) is 5.73 Å². The molecule has 2 rings (SSSR count). The van der Waals surface area contributed by atoms with Crippen molar-refractivity contribution in [2.24, 2.45) is 5.73 Å². The average Bonchev–Trinajstić information content (AvgIpc) is 2.37. The average molecular weight is 258 g/mol. The first-order valence-electron chi connectivity index (χ1n) is 6.05. The van der Waals surface area contributed by atoms with E-state index >= 15 is 0 Å². The number of pyridine rings is 1. The van der Waals surface area contributed by atoms with Gasteiger partial charge in [-0.15, -0.1) is 11.8 Å². The van der Waals surface area contributed by atoms with Crippen molar-refractivity contribution >= 4 is 11.8 Å². The van der Waals surface area contributed by atoms with Gasteiger partial charge in [0.25, 0.3) is 0 Å². The third-order valence-electron chi connectivity index (χ3n) is 2.74. The first kappa shape index (κ1) is 13.1. The van der Waals surface area contributed by atoms with Crippen LogP contribution in [0.2, 0.25) is 0 Å². The van der Waals surface area contributed by atoms with E-state index in [2.05, 4.69) is 42.2 Å². The van der Waals surface area contributed by atoms with Crippen molar-refractivity contribution in [3.63, 3.8) is 0 Å². The quantitative estimate of drug-likeness (QED) is 0.852. The normalized spacial score (nSPS) is 14.2. The van der Waals surface area contributed by atoms with Crippen molar-refractivity contribution in [1.29, 1.82) is 0 Å². The second kappa shape index (κ2) is 6.03. The van der Waals surface area contributed by atoms with Gasteiger partial charge in [0, 0.05) is 23.3 Å². The SMILES string of the molecule is Cc1cccc(SC(c2cccnc2)C(C)N)c1. The lowest BCUT2D eigenvalue weighted by Gasteiger charge is -2.20. The molecule has 2 aromatic rings. The van der Waals surface area contributed by atoms with Crippen LogP contribution in [0.1, 0.15) is 23.3 Å². The van der Waals surface area contributed by atoms with Crippen LogP contribution in [-0.2, 0) is 0 Å². The van der Waals surface area contributed by atoms with Crippen LogP contribution >= 0.6 is 11.8 Å². The molecule has 0 aliphatic heterocycles. The highest BCUT2D eigenvalue weighted by Crippen LogP contribution is 2.36. The van der Waals surface area contributed by atoms with Gasteiger partial charge in [-0.3, -0.25) is 4.98 Å².